The van der Waals surface area contributed by atoms with E-state index in [4.69, 9.17) is 13.7 Å². The van der Waals surface area contributed by atoms with E-state index in [1.54, 1.807) is 36.5 Å². The third kappa shape index (κ3) is 4.31. The van der Waals surface area contributed by atoms with Gasteiger partial charge in [-0.25, -0.2) is 5.43 Å². The van der Waals surface area contributed by atoms with E-state index in [-0.39, 0.29) is 17.6 Å². The zero-order chi connectivity index (χ0) is 20.9. The molecule has 2 heterocycles. The van der Waals surface area contributed by atoms with Crippen molar-refractivity contribution in [3.05, 3.63) is 81.4 Å². The molecule has 30 heavy (non-hydrogen) atoms. The van der Waals surface area contributed by atoms with Crippen LogP contribution in [0, 0.1) is 0 Å². The number of carbonyl (C=O) groups excluding carboxylic acids is 1. The quantitative estimate of drug-likeness (QED) is 0.341. The van der Waals surface area contributed by atoms with Crippen molar-refractivity contribution in [2.24, 2.45) is 5.10 Å². The Morgan fingerprint density at radius 1 is 1.23 bits per heavy atom. The van der Waals surface area contributed by atoms with Gasteiger partial charge in [-0.15, -0.1) is 0 Å². The Hall–Kier alpha value is -3.72. The molecular formula is C21H14BrN3O5. The number of para-hydroxylation sites is 1. The Morgan fingerprint density at radius 3 is 2.93 bits per heavy atom. The van der Waals surface area contributed by atoms with Crippen molar-refractivity contribution in [3.63, 3.8) is 0 Å². The van der Waals surface area contributed by atoms with Gasteiger partial charge in [0.15, 0.2) is 6.61 Å². The molecular weight excluding hydrogens is 454 g/mol. The van der Waals surface area contributed by atoms with Crippen LogP contribution in [0.1, 0.15) is 5.56 Å². The third-order valence-corrected chi connectivity index (χ3v) is 4.64. The Morgan fingerprint density at radius 2 is 2.10 bits per heavy atom. The highest BCUT2D eigenvalue weighted by atomic mass is 79.9. The number of hydrogen-bond acceptors (Lipinski definition) is 7. The van der Waals surface area contributed by atoms with Crippen LogP contribution in [0.5, 0.6) is 5.75 Å². The maximum Gasteiger partial charge on any atom is 0.277 e. The summed E-state index contributed by atoms with van der Waals surface area (Å²) in [6, 6.07) is 12.3. The van der Waals surface area contributed by atoms with Crippen LogP contribution in [0.25, 0.3) is 22.1 Å². The number of halogens is 1. The first-order valence-corrected chi connectivity index (χ1v) is 9.55. The predicted octanol–water partition coefficient (Wildman–Crippen LogP) is 3.74. The number of amides is 1. The minimum Gasteiger partial charge on any atom is -0.483 e. The summed E-state index contributed by atoms with van der Waals surface area (Å²) in [5.41, 5.74) is 4.22. The third-order valence-electron chi connectivity index (χ3n) is 4.14. The SMILES string of the molecule is O=C(COc1ccccc1-c1cnoc1)NN=Cc1coc2ccc(Br)cc2c1=O. The maximum atomic E-state index is 12.5. The summed E-state index contributed by atoms with van der Waals surface area (Å²) in [6.45, 7) is -0.265. The Balaban J connectivity index is 1.40. The van der Waals surface area contributed by atoms with Crippen LogP contribution in [0.3, 0.4) is 0 Å². The van der Waals surface area contributed by atoms with Crippen LogP contribution in [0.4, 0.5) is 0 Å². The first-order valence-electron chi connectivity index (χ1n) is 8.76. The van der Waals surface area contributed by atoms with Crippen molar-refractivity contribution >= 4 is 39.0 Å². The molecule has 1 amide bonds. The molecule has 2 aromatic heterocycles. The lowest BCUT2D eigenvalue weighted by molar-refractivity contribution is -0.123. The number of fused-ring (bicyclic) bond motifs is 1. The van der Waals surface area contributed by atoms with E-state index >= 15 is 0 Å². The zero-order valence-corrected chi connectivity index (χ0v) is 17.0. The molecule has 4 aromatic rings. The highest BCUT2D eigenvalue weighted by molar-refractivity contribution is 9.10. The van der Waals surface area contributed by atoms with Crippen molar-refractivity contribution in [1.82, 2.24) is 10.6 Å². The minimum atomic E-state index is -0.487. The van der Waals surface area contributed by atoms with Gasteiger partial charge in [0.2, 0.25) is 5.43 Å². The molecule has 0 saturated carbocycles. The van der Waals surface area contributed by atoms with Gasteiger partial charge in [0.1, 0.15) is 23.9 Å². The molecule has 0 atom stereocenters. The summed E-state index contributed by atoms with van der Waals surface area (Å²) in [4.78, 5) is 24.6. The first kappa shape index (κ1) is 19.6. The molecule has 4 rings (SSSR count). The van der Waals surface area contributed by atoms with Crippen molar-refractivity contribution in [2.45, 2.75) is 0 Å². The van der Waals surface area contributed by atoms with Gasteiger partial charge in [-0.2, -0.15) is 5.10 Å². The van der Waals surface area contributed by atoms with Crippen LogP contribution in [-0.2, 0) is 4.79 Å². The smallest absolute Gasteiger partial charge is 0.277 e. The molecule has 0 aliphatic rings. The molecule has 0 unspecified atom stereocenters. The summed E-state index contributed by atoms with van der Waals surface area (Å²) in [7, 11) is 0. The normalized spacial score (nSPS) is 11.1. The van der Waals surface area contributed by atoms with Gasteiger partial charge in [-0.1, -0.05) is 39.3 Å². The second kappa shape index (κ2) is 8.75. The van der Waals surface area contributed by atoms with Crippen LogP contribution in [0.15, 0.2) is 84.5 Å². The van der Waals surface area contributed by atoms with E-state index in [1.807, 2.05) is 12.1 Å². The summed E-state index contributed by atoms with van der Waals surface area (Å²) < 4.78 is 16.6. The van der Waals surface area contributed by atoms with E-state index in [0.717, 1.165) is 15.6 Å². The number of hydrogen-bond donors (Lipinski definition) is 1. The fourth-order valence-corrected chi connectivity index (χ4v) is 3.09. The Kier molecular flexibility index (Phi) is 5.71. The lowest BCUT2D eigenvalue weighted by Gasteiger charge is -2.09. The number of aromatic nitrogens is 1. The van der Waals surface area contributed by atoms with Gasteiger partial charge >= 0.3 is 0 Å². The summed E-state index contributed by atoms with van der Waals surface area (Å²) in [5, 5.41) is 7.90. The van der Waals surface area contributed by atoms with Crippen LogP contribution < -0.4 is 15.6 Å². The lowest BCUT2D eigenvalue weighted by atomic mass is 10.1. The molecule has 2 aromatic carbocycles. The fraction of sp³-hybridized carbons (Fsp3) is 0.0476. The molecule has 0 bridgehead atoms. The lowest BCUT2D eigenvalue weighted by Crippen LogP contribution is -2.25. The number of rotatable bonds is 6. The van der Waals surface area contributed by atoms with E-state index in [9.17, 15) is 9.59 Å². The van der Waals surface area contributed by atoms with Crippen LogP contribution >= 0.6 is 15.9 Å². The van der Waals surface area contributed by atoms with E-state index in [2.05, 4.69) is 31.6 Å². The van der Waals surface area contributed by atoms with Gasteiger partial charge < -0.3 is 13.7 Å². The second-order valence-corrected chi connectivity index (χ2v) is 7.07. The van der Waals surface area contributed by atoms with Gasteiger partial charge in [0.05, 0.1) is 23.4 Å². The Labute approximate surface area is 178 Å². The van der Waals surface area contributed by atoms with E-state index in [0.29, 0.717) is 16.7 Å². The van der Waals surface area contributed by atoms with E-state index in [1.165, 1.54) is 18.7 Å². The average Bonchev–Trinajstić information content (AvgIpc) is 3.29. The summed E-state index contributed by atoms with van der Waals surface area (Å²) in [5.74, 6) is 0.0138. The number of nitrogens with zero attached hydrogens (tertiary/aromatic N) is 2. The number of benzene rings is 2. The van der Waals surface area contributed by atoms with Gasteiger partial charge in [-0.3, -0.25) is 9.59 Å². The standard InChI is InChI=1S/C21H14BrN3O5/c22-15-5-6-19-17(7-15)21(27)14(10-28-19)8-23-25-20(26)12-29-18-4-2-1-3-16(18)13-9-24-30-11-13/h1-11H,12H2,(H,25,26). The van der Waals surface area contributed by atoms with Crippen LogP contribution in [0.2, 0.25) is 0 Å². The molecule has 0 radical (unpaired) electrons. The Bertz CT molecular complexity index is 1280. The van der Waals surface area contributed by atoms with E-state index < -0.39 is 5.91 Å². The first-order chi connectivity index (χ1) is 14.6. The van der Waals surface area contributed by atoms with Crippen molar-refractivity contribution in [1.29, 1.82) is 0 Å². The molecule has 8 nitrogen and oxygen atoms in total. The topological polar surface area (TPSA) is 107 Å². The largest absolute Gasteiger partial charge is 0.483 e. The van der Waals surface area contributed by atoms with Gasteiger partial charge in [0, 0.05) is 15.6 Å². The highest BCUT2D eigenvalue weighted by Crippen LogP contribution is 2.29. The number of ether oxygens (including phenoxy) is 1. The maximum absolute atomic E-state index is 12.5. The monoisotopic (exact) mass is 467 g/mol. The average molecular weight is 468 g/mol. The molecule has 1 N–H and O–H groups in total. The molecule has 0 aliphatic heterocycles. The highest BCUT2D eigenvalue weighted by Gasteiger charge is 2.10. The molecule has 0 aliphatic carbocycles. The fourth-order valence-electron chi connectivity index (χ4n) is 2.73. The van der Waals surface area contributed by atoms with Crippen molar-refractivity contribution in [3.8, 4) is 16.9 Å². The predicted molar refractivity (Wildman–Crippen MR) is 113 cm³/mol. The molecule has 150 valence electrons. The zero-order valence-electron chi connectivity index (χ0n) is 15.4. The molecule has 9 heteroatoms. The number of nitrogens with one attached hydrogen (secondary N) is 1. The number of carbonyl (C=O) groups is 1. The minimum absolute atomic E-state index is 0.208. The molecule has 0 saturated heterocycles. The van der Waals surface area contributed by atoms with Crippen molar-refractivity contribution in [2.75, 3.05) is 6.61 Å². The second-order valence-electron chi connectivity index (χ2n) is 6.15. The summed E-state index contributed by atoms with van der Waals surface area (Å²) >= 11 is 3.32. The molecule has 0 fully saturated rings. The van der Waals surface area contributed by atoms with Gasteiger partial charge in [-0.05, 0) is 24.3 Å². The number of hydrazone groups is 1. The summed E-state index contributed by atoms with van der Waals surface area (Å²) in [6.07, 6.45) is 5.57. The van der Waals surface area contributed by atoms with Crippen molar-refractivity contribution < 1.29 is 18.5 Å². The van der Waals surface area contributed by atoms with Gasteiger partial charge in [0.25, 0.3) is 5.91 Å². The molecule has 0 spiro atoms. The van der Waals surface area contributed by atoms with Crippen LogP contribution in [-0.4, -0.2) is 23.9 Å².